The summed E-state index contributed by atoms with van der Waals surface area (Å²) < 4.78 is 15.9. The van der Waals surface area contributed by atoms with Crippen LogP contribution in [0.1, 0.15) is 5.56 Å². The fourth-order valence-electron chi connectivity index (χ4n) is 2.10. The topological polar surface area (TPSA) is 51.8 Å². The van der Waals surface area contributed by atoms with Gasteiger partial charge >= 0.3 is 0 Å². The zero-order valence-electron chi connectivity index (χ0n) is 13.6. The van der Waals surface area contributed by atoms with Crippen LogP contribution in [0, 0.1) is 6.92 Å². The minimum Gasteiger partial charge on any atom is -0.497 e. The number of hydrogen-bond donors (Lipinski definition) is 2. The van der Waals surface area contributed by atoms with Crippen molar-refractivity contribution in [2.45, 2.75) is 6.92 Å². The summed E-state index contributed by atoms with van der Waals surface area (Å²) in [6.45, 7) is 2.01. The van der Waals surface area contributed by atoms with Gasteiger partial charge in [0, 0.05) is 6.07 Å². The van der Waals surface area contributed by atoms with Gasteiger partial charge in [0.15, 0.2) is 5.11 Å². The van der Waals surface area contributed by atoms with E-state index in [2.05, 4.69) is 10.6 Å². The first kappa shape index (κ1) is 16.9. The third-order valence-corrected chi connectivity index (χ3v) is 3.46. The van der Waals surface area contributed by atoms with Gasteiger partial charge in [0.25, 0.3) is 0 Å². The minimum absolute atomic E-state index is 0.442. The molecule has 2 N–H and O–H groups in total. The Bertz CT molecular complexity index is 704. The monoisotopic (exact) mass is 332 g/mol. The van der Waals surface area contributed by atoms with Crippen molar-refractivity contribution >= 4 is 28.7 Å². The molecule has 0 aromatic heterocycles. The average Bonchev–Trinajstić information content (AvgIpc) is 2.55. The second-order valence-electron chi connectivity index (χ2n) is 4.85. The normalized spacial score (nSPS) is 9.91. The second kappa shape index (κ2) is 7.69. The lowest BCUT2D eigenvalue weighted by molar-refractivity contribution is 0.395. The van der Waals surface area contributed by atoms with Gasteiger partial charge in [0.05, 0.1) is 32.7 Å². The van der Waals surface area contributed by atoms with Gasteiger partial charge in [-0.05, 0) is 49.0 Å². The van der Waals surface area contributed by atoms with Gasteiger partial charge in [-0.2, -0.15) is 0 Å². The zero-order valence-corrected chi connectivity index (χ0v) is 14.4. The SMILES string of the molecule is COc1ccc(NC(=S)Nc2cc(C)ccc2OC)c(OC)c1. The number of benzene rings is 2. The van der Waals surface area contributed by atoms with Crippen molar-refractivity contribution < 1.29 is 14.2 Å². The number of aryl methyl sites for hydroxylation is 1. The van der Waals surface area contributed by atoms with Crippen molar-refractivity contribution in [2.24, 2.45) is 0 Å². The molecule has 0 radical (unpaired) electrons. The summed E-state index contributed by atoms with van der Waals surface area (Å²) in [6.07, 6.45) is 0. The smallest absolute Gasteiger partial charge is 0.175 e. The minimum atomic E-state index is 0.442. The molecule has 0 saturated heterocycles. The van der Waals surface area contributed by atoms with E-state index in [0.29, 0.717) is 16.6 Å². The van der Waals surface area contributed by atoms with Crippen molar-refractivity contribution in [3.63, 3.8) is 0 Å². The molecule has 2 rings (SSSR count). The van der Waals surface area contributed by atoms with E-state index in [9.17, 15) is 0 Å². The van der Waals surface area contributed by atoms with Crippen LogP contribution in [0.4, 0.5) is 11.4 Å². The summed E-state index contributed by atoms with van der Waals surface area (Å²) >= 11 is 5.37. The molecule has 2 aromatic carbocycles. The molecular formula is C17H20N2O3S. The molecule has 122 valence electrons. The van der Waals surface area contributed by atoms with Crippen LogP contribution in [0.2, 0.25) is 0 Å². The third-order valence-electron chi connectivity index (χ3n) is 3.26. The molecule has 2 aromatic rings. The van der Waals surface area contributed by atoms with Crippen LogP contribution in [0.3, 0.4) is 0 Å². The molecule has 0 bridgehead atoms. The first-order valence-electron chi connectivity index (χ1n) is 7.02. The molecule has 0 amide bonds. The van der Waals surface area contributed by atoms with Crippen LogP contribution in [0.15, 0.2) is 36.4 Å². The number of ether oxygens (including phenoxy) is 3. The fourth-order valence-corrected chi connectivity index (χ4v) is 2.32. The van der Waals surface area contributed by atoms with Crippen LogP contribution in [0.5, 0.6) is 17.2 Å². The van der Waals surface area contributed by atoms with Gasteiger partial charge in [0.1, 0.15) is 17.2 Å². The highest BCUT2D eigenvalue weighted by atomic mass is 32.1. The standard InChI is InChI=1S/C17H20N2O3S/c1-11-5-8-15(21-3)14(9-11)19-17(23)18-13-7-6-12(20-2)10-16(13)22-4/h5-10H,1-4H3,(H2,18,19,23). The zero-order chi connectivity index (χ0) is 16.8. The highest BCUT2D eigenvalue weighted by Gasteiger charge is 2.09. The number of nitrogens with one attached hydrogen (secondary N) is 2. The third kappa shape index (κ3) is 4.26. The summed E-state index contributed by atoms with van der Waals surface area (Å²) in [6, 6.07) is 11.3. The molecule has 0 unspecified atom stereocenters. The second-order valence-corrected chi connectivity index (χ2v) is 5.26. The molecule has 0 aliphatic rings. The fraction of sp³-hybridized carbons (Fsp3) is 0.235. The first-order chi connectivity index (χ1) is 11.1. The van der Waals surface area contributed by atoms with Gasteiger partial charge in [0.2, 0.25) is 0 Å². The summed E-state index contributed by atoms with van der Waals surface area (Å²) in [5, 5.41) is 6.70. The van der Waals surface area contributed by atoms with Crippen molar-refractivity contribution in [1.82, 2.24) is 0 Å². The Kier molecular flexibility index (Phi) is 5.65. The molecule has 0 aliphatic heterocycles. The summed E-state index contributed by atoms with van der Waals surface area (Å²) in [4.78, 5) is 0. The predicted molar refractivity (Wildman–Crippen MR) is 97.1 cm³/mol. The maximum absolute atomic E-state index is 5.37. The Balaban J connectivity index is 2.15. The molecule has 23 heavy (non-hydrogen) atoms. The lowest BCUT2D eigenvalue weighted by Gasteiger charge is -2.16. The van der Waals surface area contributed by atoms with Crippen LogP contribution in [-0.4, -0.2) is 26.4 Å². The van der Waals surface area contributed by atoms with E-state index in [1.54, 1.807) is 27.4 Å². The number of rotatable bonds is 5. The Morgan fingerprint density at radius 1 is 0.826 bits per heavy atom. The Hall–Kier alpha value is -2.47. The van der Waals surface area contributed by atoms with Crippen LogP contribution < -0.4 is 24.8 Å². The quantitative estimate of drug-likeness (QED) is 0.812. The van der Waals surface area contributed by atoms with E-state index in [1.165, 1.54) is 0 Å². The van der Waals surface area contributed by atoms with E-state index >= 15 is 0 Å². The molecular weight excluding hydrogens is 312 g/mol. The molecule has 0 fully saturated rings. The molecule has 0 saturated carbocycles. The van der Waals surface area contributed by atoms with Gasteiger partial charge in [-0.25, -0.2) is 0 Å². The maximum Gasteiger partial charge on any atom is 0.175 e. The number of hydrogen-bond acceptors (Lipinski definition) is 4. The van der Waals surface area contributed by atoms with Crippen molar-refractivity contribution in [3.05, 3.63) is 42.0 Å². The summed E-state index contributed by atoms with van der Waals surface area (Å²) in [7, 11) is 4.83. The molecule has 5 nitrogen and oxygen atoms in total. The van der Waals surface area contributed by atoms with Crippen LogP contribution in [-0.2, 0) is 0 Å². The Morgan fingerprint density at radius 2 is 1.52 bits per heavy atom. The Labute approximate surface area is 141 Å². The molecule has 0 atom stereocenters. The van der Waals surface area contributed by atoms with Gasteiger partial charge < -0.3 is 24.8 Å². The molecule has 0 heterocycles. The number of thiocarbonyl (C=S) groups is 1. The van der Waals surface area contributed by atoms with Gasteiger partial charge in [-0.3, -0.25) is 0 Å². The van der Waals surface area contributed by atoms with E-state index in [1.807, 2.05) is 37.3 Å². The lowest BCUT2D eigenvalue weighted by Crippen LogP contribution is -2.20. The average molecular weight is 332 g/mol. The van der Waals surface area contributed by atoms with Crippen molar-refractivity contribution in [3.8, 4) is 17.2 Å². The Morgan fingerprint density at radius 3 is 2.17 bits per heavy atom. The summed E-state index contributed by atoms with van der Waals surface area (Å²) in [5.74, 6) is 2.08. The highest BCUT2D eigenvalue weighted by molar-refractivity contribution is 7.80. The van der Waals surface area contributed by atoms with E-state index in [4.69, 9.17) is 26.4 Å². The maximum atomic E-state index is 5.37. The van der Waals surface area contributed by atoms with E-state index in [0.717, 1.165) is 22.7 Å². The molecule has 0 aliphatic carbocycles. The largest absolute Gasteiger partial charge is 0.497 e. The van der Waals surface area contributed by atoms with Gasteiger partial charge in [-0.15, -0.1) is 0 Å². The number of methoxy groups -OCH3 is 3. The molecule has 0 spiro atoms. The number of anilines is 2. The lowest BCUT2D eigenvalue weighted by atomic mass is 10.2. The van der Waals surface area contributed by atoms with Gasteiger partial charge in [-0.1, -0.05) is 6.07 Å². The van der Waals surface area contributed by atoms with E-state index < -0.39 is 0 Å². The van der Waals surface area contributed by atoms with Crippen LogP contribution >= 0.6 is 12.2 Å². The first-order valence-corrected chi connectivity index (χ1v) is 7.43. The van der Waals surface area contributed by atoms with Crippen molar-refractivity contribution in [2.75, 3.05) is 32.0 Å². The summed E-state index contributed by atoms with van der Waals surface area (Å²) in [5.41, 5.74) is 2.66. The van der Waals surface area contributed by atoms with E-state index in [-0.39, 0.29) is 0 Å². The van der Waals surface area contributed by atoms with Crippen LogP contribution in [0.25, 0.3) is 0 Å². The van der Waals surface area contributed by atoms with Crippen molar-refractivity contribution in [1.29, 1.82) is 0 Å². The highest BCUT2D eigenvalue weighted by Crippen LogP contribution is 2.30. The predicted octanol–water partition coefficient (Wildman–Crippen LogP) is 3.83. The molecule has 6 heteroatoms.